The number of hydrogen-bond acceptors (Lipinski definition) is 4. The van der Waals surface area contributed by atoms with E-state index in [0.29, 0.717) is 18.1 Å². The third kappa shape index (κ3) is 3.49. The van der Waals surface area contributed by atoms with Crippen LogP contribution < -0.4 is 10.6 Å². The molecule has 0 aliphatic carbocycles. The molecule has 6 nitrogen and oxygen atoms in total. The largest absolute Gasteiger partial charge is 0.354 e. The molecule has 0 radical (unpaired) electrons. The molecule has 0 fully saturated rings. The minimum atomic E-state index is -0.362. The van der Waals surface area contributed by atoms with Gasteiger partial charge in [-0.25, -0.2) is 4.79 Å². The van der Waals surface area contributed by atoms with Crippen LogP contribution in [-0.2, 0) is 6.54 Å². The monoisotopic (exact) mass is 294 g/mol. The zero-order valence-corrected chi connectivity index (χ0v) is 11.7. The molecule has 2 amide bonds. The van der Waals surface area contributed by atoms with Crippen LogP contribution in [-0.4, -0.2) is 16.2 Å². The first-order valence-corrected chi connectivity index (χ1v) is 6.78. The van der Waals surface area contributed by atoms with Crippen LogP contribution in [0.5, 0.6) is 0 Å². The summed E-state index contributed by atoms with van der Waals surface area (Å²) >= 11 is 0. The lowest BCUT2D eigenvalue weighted by molar-refractivity contribution is 0.251. The van der Waals surface area contributed by atoms with E-state index in [1.54, 1.807) is 12.3 Å². The van der Waals surface area contributed by atoms with Crippen LogP contribution in [0.25, 0.3) is 11.3 Å². The van der Waals surface area contributed by atoms with Gasteiger partial charge < -0.3 is 9.84 Å². The number of urea groups is 1. The second-order valence-corrected chi connectivity index (χ2v) is 4.57. The van der Waals surface area contributed by atoms with Crippen LogP contribution in [0.3, 0.4) is 0 Å². The molecular formula is C16H14N4O2. The maximum atomic E-state index is 11.8. The van der Waals surface area contributed by atoms with E-state index < -0.39 is 0 Å². The lowest BCUT2D eigenvalue weighted by atomic mass is 10.2. The number of amides is 2. The number of rotatable bonds is 4. The molecule has 1 aromatic carbocycles. The minimum Gasteiger partial charge on any atom is -0.354 e. The molecule has 2 aromatic heterocycles. The number of carbonyl (C=O) groups is 1. The quantitative estimate of drug-likeness (QED) is 0.775. The van der Waals surface area contributed by atoms with E-state index in [1.807, 2.05) is 48.5 Å². The van der Waals surface area contributed by atoms with Crippen molar-refractivity contribution in [2.75, 3.05) is 5.32 Å². The van der Waals surface area contributed by atoms with Gasteiger partial charge in [0.15, 0.2) is 11.6 Å². The van der Waals surface area contributed by atoms with E-state index in [0.717, 1.165) is 11.3 Å². The molecule has 0 aliphatic rings. The van der Waals surface area contributed by atoms with Crippen molar-refractivity contribution in [3.05, 3.63) is 66.5 Å². The summed E-state index contributed by atoms with van der Waals surface area (Å²) < 4.78 is 5.21. The van der Waals surface area contributed by atoms with Gasteiger partial charge in [0.25, 0.3) is 0 Å². The highest BCUT2D eigenvalue weighted by atomic mass is 16.5. The van der Waals surface area contributed by atoms with Gasteiger partial charge in [-0.15, -0.1) is 0 Å². The fourth-order valence-corrected chi connectivity index (χ4v) is 1.91. The van der Waals surface area contributed by atoms with Gasteiger partial charge in [-0.05, 0) is 12.1 Å². The summed E-state index contributed by atoms with van der Waals surface area (Å²) in [5.41, 5.74) is 1.68. The smallest absolute Gasteiger partial charge is 0.320 e. The van der Waals surface area contributed by atoms with E-state index >= 15 is 0 Å². The van der Waals surface area contributed by atoms with Crippen molar-refractivity contribution in [2.45, 2.75) is 6.54 Å². The molecule has 0 aliphatic heterocycles. The second-order valence-electron chi connectivity index (χ2n) is 4.57. The Bertz CT molecular complexity index is 741. The number of benzene rings is 1. The Labute approximate surface area is 127 Å². The zero-order chi connectivity index (χ0) is 15.2. The Kier molecular flexibility index (Phi) is 4.10. The van der Waals surface area contributed by atoms with Crippen molar-refractivity contribution in [1.29, 1.82) is 0 Å². The molecular weight excluding hydrogens is 280 g/mol. The van der Waals surface area contributed by atoms with Gasteiger partial charge in [0.05, 0.1) is 12.2 Å². The molecule has 0 saturated carbocycles. The van der Waals surface area contributed by atoms with Gasteiger partial charge >= 0.3 is 6.03 Å². The summed E-state index contributed by atoms with van der Waals surface area (Å²) in [7, 11) is 0. The molecule has 0 unspecified atom stereocenters. The maximum Gasteiger partial charge on any atom is 0.320 e. The summed E-state index contributed by atoms with van der Waals surface area (Å²) in [6, 6.07) is 16.4. The highest BCUT2D eigenvalue weighted by molar-refractivity contribution is 5.88. The van der Waals surface area contributed by atoms with Gasteiger partial charge in [0.2, 0.25) is 0 Å². The maximum absolute atomic E-state index is 11.8. The first-order valence-electron chi connectivity index (χ1n) is 6.78. The highest BCUT2D eigenvalue weighted by Crippen LogP contribution is 2.21. The molecule has 0 saturated heterocycles. The Balaban J connectivity index is 1.57. The predicted molar refractivity (Wildman–Crippen MR) is 82.0 cm³/mol. The summed E-state index contributed by atoms with van der Waals surface area (Å²) in [6.45, 7) is 0.343. The Morgan fingerprint density at radius 3 is 2.68 bits per heavy atom. The van der Waals surface area contributed by atoms with E-state index in [9.17, 15) is 4.79 Å². The topological polar surface area (TPSA) is 80.0 Å². The van der Waals surface area contributed by atoms with Crippen molar-refractivity contribution in [3.63, 3.8) is 0 Å². The molecule has 2 N–H and O–H groups in total. The first kappa shape index (κ1) is 13.8. The number of anilines is 1. The van der Waals surface area contributed by atoms with E-state index in [1.165, 1.54) is 0 Å². The average Bonchev–Trinajstić information content (AvgIpc) is 3.03. The van der Waals surface area contributed by atoms with Crippen LogP contribution in [0.15, 0.2) is 65.3 Å². The van der Waals surface area contributed by atoms with E-state index in [-0.39, 0.29) is 6.03 Å². The van der Waals surface area contributed by atoms with Crippen LogP contribution in [0.4, 0.5) is 10.6 Å². The molecule has 6 heteroatoms. The molecule has 0 bridgehead atoms. The van der Waals surface area contributed by atoms with Crippen molar-refractivity contribution < 1.29 is 9.32 Å². The summed E-state index contributed by atoms with van der Waals surface area (Å²) in [5.74, 6) is 0.956. The van der Waals surface area contributed by atoms with Gasteiger partial charge in [-0.1, -0.05) is 41.6 Å². The molecule has 110 valence electrons. The van der Waals surface area contributed by atoms with E-state index in [4.69, 9.17) is 4.52 Å². The van der Waals surface area contributed by atoms with Crippen LogP contribution in [0.2, 0.25) is 0 Å². The normalized spacial score (nSPS) is 10.2. The van der Waals surface area contributed by atoms with E-state index in [2.05, 4.69) is 20.8 Å². The SMILES string of the molecule is O=C(NCc1ccccn1)Nc1cc(-c2ccccc2)on1. The summed E-state index contributed by atoms with van der Waals surface area (Å²) in [4.78, 5) is 15.9. The lowest BCUT2D eigenvalue weighted by Crippen LogP contribution is -2.28. The second kappa shape index (κ2) is 6.53. The van der Waals surface area contributed by atoms with Crippen molar-refractivity contribution >= 4 is 11.8 Å². The van der Waals surface area contributed by atoms with Gasteiger partial charge in [-0.3, -0.25) is 10.3 Å². The molecule has 0 atom stereocenters. The standard InChI is InChI=1S/C16H14N4O2/c21-16(18-11-13-8-4-5-9-17-13)19-15-10-14(22-20-15)12-6-2-1-3-7-12/h1-10H,11H2,(H2,18,19,20,21). The van der Waals surface area contributed by atoms with Gasteiger partial charge in [0, 0.05) is 17.8 Å². The number of aromatic nitrogens is 2. The summed E-state index contributed by atoms with van der Waals surface area (Å²) in [5, 5.41) is 9.15. The average molecular weight is 294 g/mol. The summed E-state index contributed by atoms with van der Waals surface area (Å²) in [6.07, 6.45) is 1.68. The third-order valence-corrected chi connectivity index (χ3v) is 2.97. The third-order valence-electron chi connectivity index (χ3n) is 2.97. The van der Waals surface area contributed by atoms with Gasteiger partial charge in [0.1, 0.15) is 0 Å². The fraction of sp³-hybridized carbons (Fsp3) is 0.0625. The molecule has 2 heterocycles. The lowest BCUT2D eigenvalue weighted by Gasteiger charge is -2.04. The van der Waals surface area contributed by atoms with Crippen molar-refractivity contribution in [1.82, 2.24) is 15.5 Å². The molecule has 3 rings (SSSR count). The Hall–Kier alpha value is -3.15. The van der Waals surface area contributed by atoms with Gasteiger partial charge in [-0.2, -0.15) is 0 Å². The highest BCUT2D eigenvalue weighted by Gasteiger charge is 2.09. The number of nitrogens with one attached hydrogen (secondary N) is 2. The number of nitrogens with zero attached hydrogens (tertiary/aromatic N) is 2. The molecule has 0 spiro atoms. The van der Waals surface area contributed by atoms with Crippen molar-refractivity contribution in [3.8, 4) is 11.3 Å². The minimum absolute atomic E-state index is 0.343. The van der Waals surface area contributed by atoms with Crippen LogP contribution >= 0.6 is 0 Å². The van der Waals surface area contributed by atoms with Crippen molar-refractivity contribution in [2.24, 2.45) is 0 Å². The predicted octanol–water partition coefficient (Wildman–Crippen LogP) is 3.06. The fourth-order valence-electron chi connectivity index (χ4n) is 1.91. The molecule has 22 heavy (non-hydrogen) atoms. The zero-order valence-electron chi connectivity index (χ0n) is 11.7. The number of carbonyl (C=O) groups excluding carboxylic acids is 1. The first-order chi connectivity index (χ1) is 10.8. The Morgan fingerprint density at radius 1 is 1.09 bits per heavy atom. The van der Waals surface area contributed by atoms with Crippen LogP contribution in [0, 0.1) is 0 Å². The molecule has 3 aromatic rings. The number of hydrogen-bond donors (Lipinski definition) is 2. The Morgan fingerprint density at radius 2 is 1.91 bits per heavy atom. The van der Waals surface area contributed by atoms with Crippen LogP contribution in [0.1, 0.15) is 5.69 Å². The number of pyridine rings is 1.